The van der Waals surface area contributed by atoms with Crippen LogP contribution in [0.15, 0.2) is 4.99 Å². The van der Waals surface area contributed by atoms with Crippen molar-refractivity contribution in [3.8, 4) is 0 Å². The fourth-order valence-corrected chi connectivity index (χ4v) is 3.09. The summed E-state index contributed by atoms with van der Waals surface area (Å²) in [5.41, 5.74) is 0. The Labute approximate surface area is 135 Å². The number of guanidine groups is 1. The van der Waals surface area contributed by atoms with Gasteiger partial charge in [0, 0.05) is 45.3 Å². The summed E-state index contributed by atoms with van der Waals surface area (Å²) in [6, 6.07) is 0.911. The number of hydrogen-bond donors (Lipinski definition) is 3. The Balaban J connectivity index is 2.37. The average Bonchev–Trinajstić information content (AvgIpc) is 2.83. The number of nitrogens with one attached hydrogen (secondary N) is 3. The molecule has 1 aliphatic heterocycles. The molecule has 1 heterocycles. The van der Waals surface area contributed by atoms with Crippen LogP contribution in [0.5, 0.6) is 0 Å². The molecule has 1 rings (SSSR count). The summed E-state index contributed by atoms with van der Waals surface area (Å²) in [6.07, 6.45) is 0. The van der Waals surface area contributed by atoms with Crippen molar-refractivity contribution in [3.05, 3.63) is 0 Å². The zero-order valence-electron chi connectivity index (χ0n) is 14.4. The Morgan fingerprint density at radius 1 is 1.32 bits per heavy atom. The first-order valence-corrected chi connectivity index (χ1v) is 9.62. The van der Waals surface area contributed by atoms with Gasteiger partial charge >= 0.3 is 0 Å². The van der Waals surface area contributed by atoms with Gasteiger partial charge < -0.3 is 10.6 Å². The molecule has 22 heavy (non-hydrogen) atoms. The fourth-order valence-electron chi connectivity index (χ4n) is 2.47. The molecule has 0 aromatic heterocycles. The van der Waals surface area contributed by atoms with Crippen molar-refractivity contribution in [3.63, 3.8) is 0 Å². The molecule has 1 saturated heterocycles. The summed E-state index contributed by atoms with van der Waals surface area (Å²) in [6.45, 7) is 11.2. The SMILES string of the molecule is CCS(=O)(=O)NCCNC(=NC)NC1CN(C(C)C)CC1C. The van der Waals surface area contributed by atoms with Gasteiger partial charge in [0.1, 0.15) is 0 Å². The zero-order valence-corrected chi connectivity index (χ0v) is 15.2. The normalized spacial score (nSPS) is 24.0. The van der Waals surface area contributed by atoms with Crippen molar-refractivity contribution < 1.29 is 8.42 Å². The lowest BCUT2D eigenvalue weighted by atomic mass is 10.1. The Bertz CT molecular complexity index is 464. The third kappa shape index (κ3) is 6.10. The first-order chi connectivity index (χ1) is 10.3. The summed E-state index contributed by atoms with van der Waals surface area (Å²) in [5.74, 6) is 1.38. The molecule has 0 bridgehead atoms. The molecule has 0 saturated carbocycles. The van der Waals surface area contributed by atoms with Crippen LogP contribution in [-0.2, 0) is 10.0 Å². The van der Waals surface area contributed by atoms with Crippen LogP contribution in [0.4, 0.5) is 0 Å². The van der Waals surface area contributed by atoms with Crippen LogP contribution < -0.4 is 15.4 Å². The molecular formula is C14H31N5O2S. The number of likely N-dealkylation sites (tertiary alicyclic amines) is 1. The van der Waals surface area contributed by atoms with Gasteiger partial charge in [0.2, 0.25) is 10.0 Å². The third-order valence-corrected chi connectivity index (χ3v) is 5.44. The Morgan fingerprint density at radius 2 is 2.00 bits per heavy atom. The predicted molar refractivity (Wildman–Crippen MR) is 91.6 cm³/mol. The molecule has 7 nitrogen and oxygen atoms in total. The van der Waals surface area contributed by atoms with E-state index in [1.165, 1.54) is 0 Å². The van der Waals surface area contributed by atoms with Crippen molar-refractivity contribution in [2.45, 2.75) is 39.8 Å². The van der Waals surface area contributed by atoms with Crippen molar-refractivity contribution in [2.24, 2.45) is 10.9 Å². The lowest BCUT2D eigenvalue weighted by molar-refractivity contribution is 0.265. The minimum atomic E-state index is -3.13. The van der Waals surface area contributed by atoms with E-state index in [4.69, 9.17) is 0 Å². The highest BCUT2D eigenvalue weighted by atomic mass is 32.2. The monoisotopic (exact) mass is 333 g/mol. The lowest BCUT2D eigenvalue weighted by Gasteiger charge is -2.22. The summed E-state index contributed by atoms with van der Waals surface area (Å²) < 4.78 is 25.2. The molecule has 0 amide bonds. The highest BCUT2D eigenvalue weighted by Crippen LogP contribution is 2.18. The van der Waals surface area contributed by atoms with Crippen molar-refractivity contribution in [1.82, 2.24) is 20.3 Å². The van der Waals surface area contributed by atoms with E-state index < -0.39 is 10.0 Å². The van der Waals surface area contributed by atoms with E-state index in [-0.39, 0.29) is 5.75 Å². The molecule has 8 heteroatoms. The van der Waals surface area contributed by atoms with Gasteiger partial charge in [0.25, 0.3) is 0 Å². The second kappa shape index (κ2) is 8.69. The average molecular weight is 334 g/mol. The van der Waals surface area contributed by atoms with Gasteiger partial charge in [-0.3, -0.25) is 9.89 Å². The summed E-state index contributed by atoms with van der Waals surface area (Å²) in [7, 11) is -1.40. The molecule has 2 unspecified atom stereocenters. The lowest BCUT2D eigenvalue weighted by Crippen LogP contribution is -2.48. The van der Waals surface area contributed by atoms with Gasteiger partial charge in [-0.2, -0.15) is 0 Å². The Morgan fingerprint density at radius 3 is 2.50 bits per heavy atom. The second-order valence-corrected chi connectivity index (χ2v) is 8.17. The van der Waals surface area contributed by atoms with Gasteiger partial charge in [0.15, 0.2) is 5.96 Å². The van der Waals surface area contributed by atoms with Gasteiger partial charge in [-0.05, 0) is 26.7 Å². The van der Waals surface area contributed by atoms with Gasteiger partial charge in [-0.1, -0.05) is 6.92 Å². The van der Waals surface area contributed by atoms with Crippen molar-refractivity contribution >= 4 is 16.0 Å². The van der Waals surface area contributed by atoms with Gasteiger partial charge in [-0.25, -0.2) is 13.1 Å². The topological polar surface area (TPSA) is 85.8 Å². The largest absolute Gasteiger partial charge is 0.355 e. The molecule has 0 aromatic rings. The van der Waals surface area contributed by atoms with Crippen LogP contribution in [0.2, 0.25) is 0 Å². The smallest absolute Gasteiger partial charge is 0.211 e. The summed E-state index contributed by atoms with van der Waals surface area (Å²) in [5, 5.41) is 6.58. The molecule has 0 radical (unpaired) electrons. The van der Waals surface area contributed by atoms with Crippen molar-refractivity contribution in [1.29, 1.82) is 0 Å². The standard InChI is InChI=1S/C14H31N5O2S/c1-6-22(20,21)17-8-7-16-14(15-5)18-13-10-19(11(2)3)9-12(13)4/h11-13,17H,6-10H2,1-5H3,(H2,15,16,18). The molecule has 0 aliphatic carbocycles. The maximum Gasteiger partial charge on any atom is 0.211 e. The molecule has 0 aromatic carbocycles. The Hall–Kier alpha value is -0.860. The molecular weight excluding hydrogens is 302 g/mol. The van der Waals surface area contributed by atoms with Crippen LogP contribution in [0, 0.1) is 5.92 Å². The molecule has 3 N–H and O–H groups in total. The van der Waals surface area contributed by atoms with E-state index in [0.29, 0.717) is 31.1 Å². The fraction of sp³-hybridized carbons (Fsp3) is 0.929. The first-order valence-electron chi connectivity index (χ1n) is 7.97. The minimum absolute atomic E-state index is 0.102. The first kappa shape index (κ1) is 19.2. The highest BCUT2D eigenvalue weighted by molar-refractivity contribution is 7.89. The molecule has 130 valence electrons. The van der Waals surface area contributed by atoms with Gasteiger partial charge in [0.05, 0.1) is 5.75 Å². The van der Waals surface area contributed by atoms with Crippen LogP contribution in [0.3, 0.4) is 0 Å². The quantitative estimate of drug-likeness (QED) is 0.342. The number of sulfonamides is 1. The van der Waals surface area contributed by atoms with E-state index in [9.17, 15) is 8.42 Å². The molecule has 1 aliphatic rings. The van der Waals surface area contributed by atoms with E-state index in [2.05, 4.69) is 46.0 Å². The number of nitrogens with zero attached hydrogens (tertiary/aromatic N) is 2. The third-order valence-electron chi connectivity index (χ3n) is 4.04. The maximum atomic E-state index is 11.3. The summed E-state index contributed by atoms with van der Waals surface area (Å²) in [4.78, 5) is 6.66. The van der Waals surface area contributed by atoms with Crippen LogP contribution >= 0.6 is 0 Å². The summed E-state index contributed by atoms with van der Waals surface area (Å²) >= 11 is 0. The zero-order chi connectivity index (χ0) is 16.8. The van der Waals surface area contributed by atoms with E-state index in [0.717, 1.165) is 19.0 Å². The second-order valence-electron chi connectivity index (χ2n) is 6.07. The van der Waals surface area contributed by atoms with Crippen LogP contribution in [0.1, 0.15) is 27.7 Å². The molecule has 2 atom stereocenters. The Kier molecular flexibility index (Phi) is 7.58. The number of rotatable bonds is 7. The molecule has 0 spiro atoms. The van der Waals surface area contributed by atoms with Crippen molar-refractivity contribution in [2.75, 3.05) is 39.0 Å². The number of aliphatic imine (C=N–C) groups is 1. The number of hydrogen-bond acceptors (Lipinski definition) is 4. The minimum Gasteiger partial charge on any atom is -0.355 e. The van der Waals surface area contributed by atoms with E-state index in [1.807, 2.05) is 0 Å². The van der Waals surface area contributed by atoms with E-state index >= 15 is 0 Å². The molecule has 1 fully saturated rings. The van der Waals surface area contributed by atoms with E-state index in [1.54, 1.807) is 14.0 Å². The van der Waals surface area contributed by atoms with Crippen LogP contribution in [-0.4, -0.2) is 70.3 Å². The predicted octanol–water partition coefficient (Wildman–Crippen LogP) is -0.181. The van der Waals surface area contributed by atoms with Gasteiger partial charge in [-0.15, -0.1) is 0 Å². The highest BCUT2D eigenvalue weighted by Gasteiger charge is 2.31. The van der Waals surface area contributed by atoms with Crippen LogP contribution in [0.25, 0.3) is 0 Å². The maximum absolute atomic E-state index is 11.3.